The number of ether oxygens (including phenoxy) is 2. The summed E-state index contributed by atoms with van der Waals surface area (Å²) in [5, 5.41) is 12.1. The van der Waals surface area contributed by atoms with E-state index in [1.165, 1.54) is 4.90 Å². The number of hydrogen-bond acceptors (Lipinski definition) is 5. The van der Waals surface area contributed by atoms with Crippen LogP contribution in [0.5, 0.6) is 0 Å². The summed E-state index contributed by atoms with van der Waals surface area (Å²) in [6.45, 7) is 7.48. The highest BCUT2D eigenvalue weighted by molar-refractivity contribution is 5.89. The smallest absolute Gasteiger partial charge is 0.410 e. The number of benzene rings is 1. The first-order valence-corrected chi connectivity index (χ1v) is 9.77. The van der Waals surface area contributed by atoms with Gasteiger partial charge in [-0.1, -0.05) is 30.3 Å². The van der Waals surface area contributed by atoms with Crippen LogP contribution in [0.25, 0.3) is 0 Å². The van der Waals surface area contributed by atoms with Gasteiger partial charge in [0.15, 0.2) is 6.04 Å². The Morgan fingerprint density at radius 3 is 2.48 bits per heavy atom. The van der Waals surface area contributed by atoms with Gasteiger partial charge in [-0.25, -0.2) is 9.59 Å². The maximum Gasteiger partial charge on any atom is 0.410 e. The maximum absolute atomic E-state index is 12.7. The Hall–Kier alpha value is -2.61. The summed E-state index contributed by atoms with van der Waals surface area (Å²) >= 11 is 0. The molecule has 1 heterocycles. The number of amides is 2. The van der Waals surface area contributed by atoms with Crippen molar-refractivity contribution < 1.29 is 29.0 Å². The van der Waals surface area contributed by atoms with Crippen molar-refractivity contribution >= 4 is 18.0 Å². The molecule has 1 aromatic rings. The van der Waals surface area contributed by atoms with E-state index in [9.17, 15) is 19.5 Å². The molecule has 1 saturated heterocycles. The fourth-order valence-electron chi connectivity index (χ4n) is 3.11. The lowest BCUT2D eigenvalue weighted by atomic mass is 10.1. The van der Waals surface area contributed by atoms with E-state index in [-0.39, 0.29) is 6.61 Å². The molecule has 0 unspecified atom stereocenters. The van der Waals surface area contributed by atoms with Crippen LogP contribution < -0.4 is 5.32 Å². The number of carboxylic acid groups (broad SMARTS) is 1. The molecule has 2 rings (SSSR count). The van der Waals surface area contributed by atoms with Crippen molar-refractivity contribution in [3.05, 3.63) is 35.9 Å². The molecular formula is C21H30N2O6. The van der Waals surface area contributed by atoms with Crippen LogP contribution in [0.4, 0.5) is 4.79 Å². The van der Waals surface area contributed by atoms with Crippen LogP contribution in [0.3, 0.4) is 0 Å². The number of carbonyl (C=O) groups excluding carboxylic acids is 2. The first kappa shape index (κ1) is 22.7. The van der Waals surface area contributed by atoms with E-state index in [1.807, 2.05) is 30.3 Å². The summed E-state index contributed by atoms with van der Waals surface area (Å²) in [4.78, 5) is 38.2. The largest absolute Gasteiger partial charge is 0.480 e. The second-order valence-corrected chi connectivity index (χ2v) is 8.16. The van der Waals surface area contributed by atoms with Gasteiger partial charge in [0, 0.05) is 6.54 Å². The van der Waals surface area contributed by atoms with E-state index in [4.69, 9.17) is 9.47 Å². The zero-order valence-electron chi connectivity index (χ0n) is 17.4. The molecule has 8 nitrogen and oxygen atoms in total. The standard InChI is InChI=1S/C21H30N2O6/c1-14(28-13-15-9-6-5-7-10-15)17(19(25)26)22-18(24)16-11-8-12-23(16)20(27)29-21(2,3)4/h5-7,9-10,14,16-17H,8,11-13H2,1-4H3,(H,22,24)(H,25,26)/t14-,16+,17+/m1/s1. The molecule has 2 amide bonds. The highest BCUT2D eigenvalue weighted by Gasteiger charge is 2.39. The van der Waals surface area contributed by atoms with E-state index < -0.39 is 41.8 Å². The highest BCUT2D eigenvalue weighted by atomic mass is 16.6. The Labute approximate surface area is 171 Å². The van der Waals surface area contributed by atoms with Crippen molar-refractivity contribution in [2.45, 2.75) is 70.9 Å². The summed E-state index contributed by atoms with van der Waals surface area (Å²) in [7, 11) is 0. The number of nitrogens with one attached hydrogen (secondary N) is 1. The Morgan fingerprint density at radius 1 is 1.24 bits per heavy atom. The lowest BCUT2D eigenvalue weighted by Crippen LogP contribution is -2.55. The average Bonchev–Trinajstić information content (AvgIpc) is 3.13. The van der Waals surface area contributed by atoms with Gasteiger partial charge in [0.1, 0.15) is 11.6 Å². The summed E-state index contributed by atoms with van der Waals surface area (Å²) in [6, 6.07) is 7.37. The van der Waals surface area contributed by atoms with E-state index in [2.05, 4.69) is 5.32 Å². The van der Waals surface area contributed by atoms with Crippen molar-refractivity contribution in [2.75, 3.05) is 6.54 Å². The van der Waals surface area contributed by atoms with Crippen LogP contribution in [0.2, 0.25) is 0 Å². The number of nitrogens with zero attached hydrogens (tertiary/aromatic N) is 1. The third-order valence-corrected chi connectivity index (χ3v) is 4.57. The van der Waals surface area contributed by atoms with Gasteiger partial charge in [-0.15, -0.1) is 0 Å². The van der Waals surface area contributed by atoms with Crippen LogP contribution >= 0.6 is 0 Å². The minimum absolute atomic E-state index is 0.231. The van der Waals surface area contributed by atoms with Crippen molar-refractivity contribution in [2.24, 2.45) is 0 Å². The number of hydrogen-bond donors (Lipinski definition) is 2. The molecule has 1 aromatic carbocycles. The predicted octanol–water partition coefficient (Wildman–Crippen LogP) is 2.56. The first-order valence-electron chi connectivity index (χ1n) is 9.77. The Kier molecular flexibility index (Phi) is 7.61. The van der Waals surface area contributed by atoms with Gasteiger partial charge in [0.25, 0.3) is 0 Å². The lowest BCUT2D eigenvalue weighted by Gasteiger charge is -2.29. The molecule has 8 heteroatoms. The zero-order valence-corrected chi connectivity index (χ0v) is 17.4. The van der Waals surface area contributed by atoms with E-state index in [0.29, 0.717) is 19.4 Å². The molecule has 3 atom stereocenters. The summed E-state index contributed by atoms with van der Waals surface area (Å²) < 4.78 is 11.0. The molecular weight excluding hydrogens is 376 g/mol. The molecule has 0 radical (unpaired) electrons. The second-order valence-electron chi connectivity index (χ2n) is 8.16. The van der Waals surface area contributed by atoms with Crippen molar-refractivity contribution in [3.63, 3.8) is 0 Å². The van der Waals surface area contributed by atoms with Gasteiger partial charge < -0.3 is 19.9 Å². The number of aliphatic carboxylic acids is 1. The monoisotopic (exact) mass is 406 g/mol. The van der Waals surface area contributed by atoms with Crippen LogP contribution in [-0.4, -0.2) is 58.3 Å². The van der Waals surface area contributed by atoms with Crippen molar-refractivity contribution in [3.8, 4) is 0 Å². The normalized spacial score (nSPS) is 18.8. The van der Waals surface area contributed by atoms with Crippen LogP contribution in [0.1, 0.15) is 46.1 Å². The van der Waals surface area contributed by atoms with E-state index in [0.717, 1.165) is 5.56 Å². The average molecular weight is 406 g/mol. The fourth-order valence-corrected chi connectivity index (χ4v) is 3.11. The summed E-state index contributed by atoms with van der Waals surface area (Å²) in [6.07, 6.45) is -0.227. The van der Waals surface area contributed by atoms with Crippen molar-refractivity contribution in [1.29, 1.82) is 0 Å². The number of likely N-dealkylation sites (tertiary alicyclic amines) is 1. The Morgan fingerprint density at radius 2 is 1.90 bits per heavy atom. The molecule has 0 bridgehead atoms. The molecule has 2 N–H and O–H groups in total. The third-order valence-electron chi connectivity index (χ3n) is 4.57. The number of rotatable bonds is 7. The summed E-state index contributed by atoms with van der Waals surface area (Å²) in [5.41, 5.74) is 0.228. The molecule has 1 aliphatic heterocycles. The topological polar surface area (TPSA) is 105 Å². The van der Waals surface area contributed by atoms with Crippen LogP contribution in [0.15, 0.2) is 30.3 Å². The lowest BCUT2D eigenvalue weighted by molar-refractivity contribution is -0.147. The van der Waals surface area contributed by atoms with Gasteiger partial charge in [0.2, 0.25) is 5.91 Å². The van der Waals surface area contributed by atoms with Gasteiger partial charge in [-0.2, -0.15) is 0 Å². The molecule has 0 aliphatic carbocycles. The van der Waals surface area contributed by atoms with Gasteiger partial charge >= 0.3 is 12.1 Å². The van der Waals surface area contributed by atoms with Gasteiger partial charge in [-0.3, -0.25) is 9.69 Å². The van der Waals surface area contributed by atoms with E-state index in [1.54, 1.807) is 27.7 Å². The highest BCUT2D eigenvalue weighted by Crippen LogP contribution is 2.21. The number of carbonyl (C=O) groups is 3. The van der Waals surface area contributed by atoms with Crippen LogP contribution in [0, 0.1) is 0 Å². The molecule has 0 saturated carbocycles. The summed E-state index contributed by atoms with van der Waals surface area (Å²) in [5.74, 6) is -1.71. The van der Waals surface area contributed by atoms with Gasteiger partial charge in [-0.05, 0) is 46.1 Å². The van der Waals surface area contributed by atoms with Crippen molar-refractivity contribution in [1.82, 2.24) is 10.2 Å². The molecule has 160 valence electrons. The van der Waals surface area contributed by atoms with Crippen LogP contribution in [-0.2, 0) is 25.7 Å². The van der Waals surface area contributed by atoms with Gasteiger partial charge in [0.05, 0.1) is 12.7 Å². The third kappa shape index (κ3) is 6.74. The quantitative estimate of drug-likeness (QED) is 0.721. The molecule has 0 aromatic heterocycles. The number of carboxylic acids is 1. The zero-order chi connectivity index (χ0) is 21.6. The molecule has 0 spiro atoms. The minimum atomic E-state index is -1.23. The molecule has 1 fully saturated rings. The minimum Gasteiger partial charge on any atom is -0.480 e. The first-order chi connectivity index (χ1) is 13.6. The Bertz CT molecular complexity index is 716. The molecule has 1 aliphatic rings. The predicted molar refractivity (Wildman–Crippen MR) is 106 cm³/mol. The SMILES string of the molecule is C[C@@H](OCc1ccccc1)[C@H](NC(=O)[C@@H]1CCCN1C(=O)OC(C)(C)C)C(=O)O. The maximum atomic E-state index is 12.7. The fraction of sp³-hybridized carbons (Fsp3) is 0.571. The Balaban J connectivity index is 1.98. The second kappa shape index (κ2) is 9.73. The molecule has 29 heavy (non-hydrogen) atoms. The van der Waals surface area contributed by atoms with E-state index >= 15 is 0 Å².